The van der Waals surface area contributed by atoms with Gasteiger partial charge < -0.3 is 19.5 Å². The van der Waals surface area contributed by atoms with Crippen LogP contribution in [0.5, 0.6) is 5.75 Å². The number of ether oxygens (including phenoxy) is 2. The van der Waals surface area contributed by atoms with Crippen molar-refractivity contribution in [2.24, 2.45) is 0 Å². The summed E-state index contributed by atoms with van der Waals surface area (Å²) in [4.78, 5) is 13.6. The number of aliphatic hydroxyl groups is 1. The van der Waals surface area contributed by atoms with Crippen LogP contribution in [-0.4, -0.2) is 49.3 Å². The van der Waals surface area contributed by atoms with Crippen molar-refractivity contribution in [1.29, 1.82) is 0 Å². The fourth-order valence-corrected chi connectivity index (χ4v) is 2.41. The predicted molar refractivity (Wildman–Crippen MR) is 74.6 cm³/mol. The van der Waals surface area contributed by atoms with Gasteiger partial charge in [0.2, 0.25) is 0 Å². The quantitative estimate of drug-likeness (QED) is 0.843. The molecule has 2 rings (SSSR count). The van der Waals surface area contributed by atoms with Gasteiger partial charge in [-0.25, -0.2) is 4.79 Å². The molecule has 2 unspecified atom stereocenters. The van der Waals surface area contributed by atoms with Crippen molar-refractivity contribution in [3.05, 3.63) is 29.8 Å². The van der Waals surface area contributed by atoms with E-state index in [-0.39, 0.29) is 6.10 Å². The lowest BCUT2D eigenvalue weighted by Gasteiger charge is -2.30. The zero-order chi connectivity index (χ0) is 14.5. The summed E-state index contributed by atoms with van der Waals surface area (Å²) in [5, 5.41) is 9.82. The minimum atomic E-state index is -1.27. The Morgan fingerprint density at radius 3 is 3.00 bits per heavy atom. The van der Waals surface area contributed by atoms with E-state index in [9.17, 15) is 9.90 Å². The molecular formula is C15H21NO4. The maximum Gasteiger partial charge on any atom is 0.339 e. The van der Waals surface area contributed by atoms with Crippen LogP contribution in [-0.2, 0) is 9.53 Å². The molecule has 0 aromatic heterocycles. The number of benzene rings is 1. The van der Waals surface area contributed by atoms with Crippen molar-refractivity contribution in [3.63, 3.8) is 0 Å². The lowest BCUT2D eigenvalue weighted by atomic mass is 10.1. The number of piperidine rings is 1. The van der Waals surface area contributed by atoms with Gasteiger partial charge in [-0.15, -0.1) is 0 Å². The molecule has 0 amide bonds. The maximum absolute atomic E-state index is 11.3. The topological polar surface area (TPSA) is 59.0 Å². The number of likely N-dealkylation sites (N-methyl/N-ethyl adjacent to an activating group) is 1. The highest BCUT2D eigenvalue weighted by molar-refractivity contribution is 5.76. The van der Waals surface area contributed by atoms with E-state index in [1.54, 1.807) is 18.2 Å². The Bertz CT molecular complexity index is 463. The molecule has 0 spiro atoms. The van der Waals surface area contributed by atoms with Crippen LogP contribution in [0.1, 0.15) is 24.5 Å². The molecule has 5 nitrogen and oxygen atoms in total. The van der Waals surface area contributed by atoms with Gasteiger partial charge in [-0.1, -0.05) is 12.1 Å². The average Bonchev–Trinajstić information content (AvgIpc) is 2.46. The van der Waals surface area contributed by atoms with Crippen LogP contribution in [0.25, 0.3) is 0 Å². The van der Waals surface area contributed by atoms with Crippen molar-refractivity contribution in [1.82, 2.24) is 4.90 Å². The Balaban J connectivity index is 2.04. The number of hydrogen-bond acceptors (Lipinski definition) is 5. The SMILES string of the molecule is COC(=O)C(O)c1cccc(OC2CCCN(C)C2)c1. The number of nitrogens with zero attached hydrogens (tertiary/aromatic N) is 1. The molecule has 20 heavy (non-hydrogen) atoms. The number of carbonyl (C=O) groups is 1. The molecule has 1 aliphatic rings. The Kier molecular flexibility index (Phi) is 4.98. The standard InChI is InChI=1S/C15H21NO4/c1-16-8-4-7-13(10-16)20-12-6-3-5-11(9-12)14(17)15(18)19-2/h3,5-6,9,13-14,17H,4,7-8,10H2,1-2H3. The summed E-state index contributed by atoms with van der Waals surface area (Å²) in [6.45, 7) is 1.99. The summed E-state index contributed by atoms with van der Waals surface area (Å²) in [7, 11) is 3.33. The Morgan fingerprint density at radius 1 is 1.50 bits per heavy atom. The monoisotopic (exact) mass is 279 g/mol. The van der Waals surface area contributed by atoms with E-state index in [1.165, 1.54) is 7.11 Å². The van der Waals surface area contributed by atoms with Gasteiger partial charge >= 0.3 is 5.97 Å². The fourth-order valence-electron chi connectivity index (χ4n) is 2.41. The summed E-state index contributed by atoms with van der Waals surface area (Å²) >= 11 is 0. The summed E-state index contributed by atoms with van der Waals surface area (Å²) in [6, 6.07) is 6.98. The molecule has 1 aromatic rings. The minimum Gasteiger partial charge on any atom is -0.489 e. The van der Waals surface area contributed by atoms with Crippen LogP contribution in [0.15, 0.2) is 24.3 Å². The molecule has 0 saturated carbocycles. The van der Waals surface area contributed by atoms with E-state index < -0.39 is 12.1 Å². The van der Waals surface area contributed by atoms with Gasteiger partial charge in [0.25, 0.3) is 0 Å². The second-order valence-corrected chi connectivity index (χ2v) is 5.14. The first-order chi connectivity index (χ1) is 9.60. The van der Waals surface area contributed by atoms with Crippen molar-refractivity contribution < 1.29 is 19.4 Å². The number of carbonyl (C=O) groups excluding carboxylic acids is 1. The summed E-state index contributed by atoms with van der Waals surface area (Å²) < 4.78 is 10.5. The molecule has 1 fully saturated rings. The molecule has 1 N–H and O–H groups in total. The highest BCUT2D eigenvalue weighted by Crippen LogP contribution is 2.23. The van der Waals surface area contributed by atoms with Crippen LogP contribution in [0.2, 0.25) is 0 Å². The zero-order valence-electron chi connectivity index (χ0n) is 11.9. The van der Waals surface area contributed by atoms with E-state index in [2.05, 4.69) is 16.7 Å². The molecule has 0 radical (unpaired) electrons. The van der Waals surface area contributed by atoms with Crippen LogP contribution >= 0.6 is 0 Å². The van der Waals surface area contributed by atoms with Crippen molar-refractivity contribution >= 4 is 5.97 Å². The third-order valence-corrected chi connectivity index (χ3v) is 3.48. The van der Waals surface area contributed by atoms with Crippen LogP contribution in [0.3, 0.4) is 0 Å². The fraction of sp³-hybridized carbons (Fsp3) is 0.533. The van der Waals surface area contributed by atoms with E-state index in [0.717, 1.165) is 25.9 Å². The number of aliphatic hydroxyl groups excluding tert-OH is 1. The second kappa shape index (κ2) is 6.72. The van der Waals surface area contributed by atoms with E-state index in [0.29, 0.717) is 11.3 Å². The number of esters is 1. The molecule has 1 aromatic carbocycles. The first-order valence-corrected chi connectivity index (χ1v) is 6.81. The Hall–Kier alpha value is -1.59. The number of hydrogen-bond donors (Lipinski definition) is 1. The first-order valence-electron chi connectivity index (χ1n) is 6.81. The third kappa shape index (κ3) is 3.71. The number of methoxy groups -OCH3 is 1. The van der Waals surface area contributed by atoms with E-state index >= 15 is 0 Å². The van der Waals surface area contributed by atoms with E-state index in [1.807, 2.05) is 6.07 Å². The lowest BCUT2D eigenvalue weighted by Crippen LogP contribution is -2.38. The molecular weight excluding hydrogens is 258 g/mol. The van der Waals surface area contributed by atoms with Crippen LogP contribution in [0.4, 0.5) is 0 Å². The van der Waals surface area contributed by atoms with Gasteiger partial charge in [0.05, 0.1) is 7.11 Å². The van der Waals surface area contributed by atoms with Crippen LogP contribution < -0.4 is 4.74 Å². The summed E-state index contributed by atoms with van der Waals surface area (Å²) in [6.07, 6.45) is 1.02. The van der Waals surface area contributed by atoms with Gasteiger partial charge in [0, 0.05) is 6.54 Å². The van der Waals surface area contributed by atoms with E-state index in [4.69, 9.17) is 4.74 Å². The summed E-state index contributed by atoms with van der Waals surface area (Å²) in [5.74, 6) is 0.00491. The van der Waals surface area contributed by atoms with Crippen molar-refractivity contribution in [2.45, 2.75) is 25.0 Å². The predicted octanol–water partition coefficient (Wildman–Crippen LogP) is 1.37. The highest BCUT2D eigenvalue weighted by Gasteiger charge is 2.21. The van der Waals surface area contributed by atoms with Gasteiger partial charge in [-0.2, -0.15) is 0 Å². The van der Waals surface area contributed by atoms with Gasteiger partial charge in [0.1, 0.15) is 11.9 Å². The molecule has 1 saturated heterocycles. The largest absolute Gasteiger partial charge is 0.489 e. The molecule has 110 valence electrons. The van der Waals surface area contributed by atoms with Gasteiger partial charge in [-0.3, -0.25) is 0 Å². The Morgan fingerprint density at radius 2 is 2.30 bits per heavy atom. The molecule has 1 heterocycles. The smallest absolute Gasteiger partial charge is 0.339 e. The zero-order valence-corrected chi connectivity index (χ0v) is 11.9. The average molecular weight is 279 g/mol. The number of likely N-dealkylation sites (tertiary alicyclic amines) is 1. The highest BCUT2D eigenvalue weighted by atomic mass is 16.5. The molecule has 0 bridgehead atoms. The second-order valence-electron chi connectivity index (χ2n) is 5.14. The maximum atomic E-state index is 11.3. The number of rotatable bonds is 4. The van der Waals surface area contributed by atoms with Crippen LogP contribution in [0, 0.1) is 0 Å². The van der Waals surface area contributed by atoms with Gasteiger partial charge in [0.15, 0.2) is 6.10 Å². The molecule has 0 aliphatic carbocycles. The minimum absolute atomic E-state index is 0.152. The third-order valence-electron chi connectivity index (χ3n) is 3.48. The molecule has 5 heteroatoms. The lowest BCUT2D eigenvalue weighted by molar-refractivity contribution is -0.150. The molecule has 1 aliphatic heterocycles. The normalized spacial score (nSPS) is 21.2. The summed E-state index contributed by atoms with van der Waals surface area (Å²) in [5.41, 5.74) is 0.485. The van der Waals surface area contributed by atoms with Crippen molar-refractivity contribution in [3.8, 4) is 5.75 Å². The van der Waals surface area contributed by atoms with Gasteiger partial charge in [-0.05, 0) is 44.1 Å². The Labute approximate surface area is 119 Å². The van der Waals surface area contributed by atoms with Crippen molar-refractivity contribution in [2.75, 3.05) is 27.2 Å². The first kappa shape index (κ1) is 14.8. The molecule has 2 atom stereocenters.